The fourth-order valence-corrected chi connectivity index (χ4v) is 2.34. The average Bonchev–Trinajstić information content (AvgIpc) is 3.12. The number of fused-ring (bicyclic) bond motifs is 1. The summed E-state index contributed by atoms with van der Waals surface area (Å²) in [7, 11) is 1.62. The van der Waals surface area contributed by atoms with E-state index in [0.717, 1.165) is 28.0 Å². The van der Waals surface area contributed by atoms with E-state index >= 15 is 0 Å². The van der Waals surface area contributed by atoms with Crippen molar-refractivity contribution < 1.29 is 13.9 Å². The fourth-order valence-electron chi connectivity index (χ4n) is 2.34. The Morgan fingerprint density at radius 1 is 1.38 bits per heavy atom. The Morgan fingerprint density at radius 2 is 2.24 bits per heavy atom. The molecule has 0 aliphatic carbocycles. The van der Waals surface area contributed by atoms with Crippen LogP contribution in [0.25, 0.3) is 10.9 Å². The number of aromatic nitrogens is 1. The van der Waals surface area contributed by atoms with Gasteiger partial charge in [0.05, 0.1) is 19.9 Å². The molecule has 3 rings (SSSR count). The smallest absolute Gasteiger partial charge is 0.268 e. The maximum Gasteiger partial charge on any atom is 0.268 e. The third-order valence-electron chi connectivity index (χ3n) is 3.50. The van der Waals surface area contributed by atoms with Gasteiger partial charge in [0, 0.05) is 17.0 Å². The number of hydrogen-bond donors (Lipinski definition) is 2. The lowest BCUT2D eigenvalue weighted by molar-refractivity contribution is 0.0943. The number of methoxy groups -OCH3 is 1. The van der Waals surface area contributed by atoms with Crippen LogP contribution in [0.2, 0.25) is 0 Å². The molecule has 5 heteroatoms. The molecule has 0 aliphatic rings. The normalized spacial score (nSPS) is 10.8. The third kappa shape index (κ3) is 2.50. The standard InChI is InChI=1S/C16H16N2O3/c1-10-13-6-5-11(20-2)8-14(13)18-15(10)16(19)17-9-12-4-3-7-21-12/h3-8,18H,9H2,1-2H3,(H,17,19). The van der Waals surface area contributed by atoms with Crippen LogP contribution < -0.4 is 10.1 Å². The number of aromatic amines is 1. The summed E-state index contributed by atoms with van der Waals surface area (Å²) in [6, 6.07) is 9.33. The maximum absolute atomic E-state index is 12.3. The molecule has 0 saturated heterocycles. The van der Waals surface area contributed by atoms with Gasteiger partial charge in [0.1, 0.15) is 17.2 Å². The van der Waals surface area contributed by atoms with Crippen molar-refractivity contribution in [3.8, 4) is 5.75 Å². The van der Waals surface area contributed by atoms with E-state index in [1.165, 1.54) is 0 Å². The van der Waals surface area contributed by atoms with Gasteiger partial charge >= 0.3 is 0 Å². The molecule has 0 aliphatic heterocycles. The van der Waals surface area contributed by atoms with Gasteiger partial charge in [-0.1, -0.05) is 0 Å². The summed E-state index contributed by atoms with van der Waals surface area (Å²) in [4.78, 5) is 15.4. The van der Waals surface area contributed by atoms with E-state index in [4.69, 9.17) is 9.15 Å². The zero-order valence-corrected chi connectivity index (χ0v) is 11.9. The Bertz CT molecular complexity index is 772. The summed E-state index contributed by atoms with van der Waals surface area (Å²) in [6.07, 6.45) is 1.59. The van der Waals surface area contributed by atoms with E-state index in [0.29, 0.717) is 12.2 Å². The van der Waals surface area contributed by atoms with Crippen molar-refractivity contribution in [1.82, 2.24) is 10.3 Å². The predicted molar refractivity (Wildman–Crippen MR) is 79.5 cm³/mol. The summed E-state index contributed by atoms with van der Waals surface area (Å²) in [6.45, 7) is 2.29. The number of carbonyl (C=O) groups excluding carboxylic acids is 1. The molecular formula is C16H16N2O3. The van der Waals surface area contributed by atoms with Crippen molar-refractivity contribution in [2.75, 3.05) is 7.11 Å². The van der Waals surface area contributed by atoms with Crippen LogP contribution in [0.4, 0.5) is 0 Å². The highest BCUT2D eigenvalue weighted by Gasteiger charge is 2.15. The second kappa shape index (κ2) is 5.36. The molecule has 0 atom stereocenters. The summed E-state index contributed by atoms with van der Waals surface area (Å²) >= 11 is 0. The molecule has 108 valence electrons. The van der Waals surface area contributed by atoms with Crippen molar-refractivity contribution >= 4 is 16.8 Å². The number of ether oxygens (including phenoxy) is 1. The van der Waals surface area contributed by atoms with Crippen LogP contribution in [-0.2, 0) is 6.54 Å². The number of aryl methyl sites for hydroxylation is 1. The highest BCUT2D eigenvalue weighted by atomic mass is 16.5. The van der Waals surface area contributed by atoms with Crippen LogP contribution >= 0.6 is 0 Å². The van der Waals surface area contributed by atoms with Gasteiger partial charge in [-0.2, -0.15) is 0 Å². The van der Waals surface area contributed by atoms with Gasteiger partial charge in [-0.15, -0.1) is 0 Å². The lowest BCUT2D eigenvalue weighted by Gasteiger charge is -2.02. The van der Waals surface area contributed by atoms with Crippen molar-refractivity contribution in [3.63, 3.8) is 0 Å². The average molecular weight is 284 g/mol. The van der Waals surface area contributed by atoms with Crippen LogP contribution in [0.15, 0.2) is 41.0 Å². The molecule has 2 heterocycles. The number of furan rings is 1. The summed E-state index contributed by atoms with van der Waals surface area (Å²) < 4.78 is 10.4. The maximum atomic E-state index is 12.3. The Kier molecular flexibility index (Phi) is 3.39. The summed E-state index contributed by atoms with van der Waals surface area (Å²) in [5.41, 5.74) is 2.37. The number of hydrogen-bond acceptors (Lipinski definition) is 3. The Morgan fingerprint density at radius 3 is 2.95 bits per heavy atom. The van der Waals surface area contributed by atoms with E-state index in [2.05, 4.69) is 10.3 Å². The first kappa shape index (κ1) is 13.3. The molecule has 0 unspecified atom stereocenters. The molecule has 2 N–H and O–H groups in total. The van der Waals surface area contributed by atoms with E-state index < -0.39 is 0 Å². The van der Waals surface area contributed by atoms with Gasteiger partial charge in [0.15, 0.2) is 0 Å². The second-order valence-electron chi connectivity index (χ2n) is 4.80. The van der Waals surface area contributed by atoms with Crippen molar-refractivity contribution in [2.24, 2.45) is 0 Å². The molecule has 5 nitrogen and oxygen atoms in total. The first-order valence-electron chi connectivity index (χ1n) is 6.66. The molecule has 0 radical (unpaired) electrons. The molecule has 2 aromatic heterocycles. The van der Waals surface area contributed by atoms with E-state index in [1.807, 2.05) is 31.2 Å². The molecule has 1 amide bonds. The van der Waals surface area contributed by atoms with Crippen molar-refractivity contribution in [3.05, 3.63) is 53.6 Å². The summed E-state index contributed by atoms with van der Waals surface area (Å²) in [5, 5.41) is 3.85. The van der Waals surface area contributed by atoms with Crippen LogP contribution in [0.1, 0.15) is 21.8 Å². The molecular weight excluding hydrogens is 268 g/mol. The number of carbonyl (C=O) groups is 1. The summed E-state index contributed by atoms with van der Waals surface area (Å²) in [5.74, 6) is 1.32. The van der Waals surface area contributed by atoms with Crippen LogP contribution in [0, 0.1) is 6.92 Å². The third-order valence-corrected chi connectivity index (χ3v) is 3.50. The Balaban J connectivity index is 1.85. The zero-order chi connectivity index (χ0) is 14.8. The minimum atomic E-state index is -0.154. The number of H-pyrrole nitrogens is 1. The molecule has 0 spiro atoms. The lowest BCUT2D eigenvalue weighted by atomic mass is 10.1. The molecule has 1 aromatic carbocycles. The molecule has 0 saturated carbocycles. The number of nitrogens with one attached hydrogen (secondary N) is 2. The zero-order valence-electron chi connectivity index (χ0n) is 11.9. The van der Waals surface area contributed by atoms with E-state index in [-0.39, 0.29) is 5.91 Å². The molecule has 21 heavy (non-hydrogen) atoms. The van der Waals surface area contributed by atoms with Gasteiger partial charge < -0.3 is 19.5 Å². The van der Waals surface area contributed by atoms with Gasteiger partial charge in [0.2, 0.25) is 0 Å². The van der Waals surface area contributed by atoms with E-state index in [1.54, 1.807) is 19.4 Å². The highest BCUT2D eigenvalue weighted by molar-refractivity contribution is 6.01. The number of amides is 1. The highest BCUT2D eigenvalue weighted by Crippen LogP contribution is 2.25. The Hall–Kier alpha value is -2.69. The van der Waals surface area contributed by atoms with Gasteiger partial charge in [-0.05, 0) is 36.8 Å². The van der Waals surface area contributed by atoms with Crippen LogP contribution in [0.5, 0.6) is 5.75 Å². The minimum absolute atomic E-state index is 0.154. The van der Waals surface area contributed by atoms with Crippen molar-refractivity contribution in [1.29, 1.82) is 0 Å². The quantitative estimate of drug-likeness (QED) is 0.774. The van der Waals surface area contributed by atoms with E-state index in [9.17, 15) is 4.79 Å². The van der Waals surface area contributed by atoms with Gasteiger partial charge in [0.25, 0.3) is 5.91 Å². The SMILES string of the molecule is COc1ccc2c(C)c(C(=O)NCc3ccco3)[nH]c2c1. The first-order valence-corrected chi connectivity index (χ1v) is 6.66. The second-order valence-corrected chi connectivity index (χ2v) is 4.80. The van der Waals surface area contributed by atoms with Crippen molar-refractivity contribution in [2.45, 2.75) is 13.5 Å². The van der Waals surface area contributed by atoms with Gasteiger partial charge in [-0.3, -0.25) is 4.79 Å². The predicted octanol–water partition coefficient (Wildman–Crippen LogP) is 3.01. The topological polar surface area (TPSA) is 67.3 Å². The molecule has 0 bridgehead atoms. The van der Waals surface area contributed by atoms with Gasteiger partial charge in [-0.25, -0.2) is 0 Å². The van der Waals surface area contributed by atoms with Crippen LogP contribution in [0.3, 0.4) is 0 Å². The number of benzene rings is 1. The molecule has 3 aromatic rings. The minimum Gasteiger partial charge on any atom is -0.497 e. The first-order chi connectivity index (χ1) is 10.2. The van der Waals surface area contributed by atoms with Crippen LogP contribution in [-0.4, -0.2) is 18.0 Å². The largest absolute Gasteiger partial charge is 0.497 e. The monoisotopic (exact) mass is 284 g/mol. The fraction of sp³-hybridized carbons (Fsp3) is 0.188. The number of rotatable bonds is 4. The lowest BCUT2D eigenvalue weighted by Crippen LogP contribution is -2.23. The molecule has 0 fully saturated rings. The Labute approximate surface area is 121 Å².